The Morgan fingerprint density at radius 3 is 2.68 bits per heavy atom. The average molecular weight is 297 g/mol. The van der Waals surface area contributed by atoms with Crippen LogP contribution in [-0.4, -0.2) is 30.2 Å². The first-order valence-electron chi connectivity index (χ1n) is 7.75. The molecule has 1 fully saturated rings. The number of nitrogens with zero attached hydrogens (tertiary/aromatic N) is 2. The number of aromatic nitrogens is 1. The number of anilines is 1. The number of piperazine rings is 1. The van der Waals surface area contributed by atoms with Crippen molar-refractivity contribution in [3.8, 4) is 5.75 Å². The molecular formula is C18H23N3O. The summed E-state index contributed by atoms with van der Waals surface area (Å²) >= 11 is 0. The molecule has 0 atom stereocenters. The van der Waals surface area contributed by atoms with Gasteiger partial charge in [-0.1, -0.05) is 30.3 Å². The Hall–Kier alpha value is -2.07. The van der Waals surface area contributed by atoms with Gasteiger partial charge in [0.2, 0.25) is 0 Å². The molecule has 1 aliphatic heterocycles. The second kappa shape index (κ2) is 6.36. The maximum Gasteiger partial charge on any atom is 0.138 e. The van der Waals surface area contributed by atoms with Gasteiger partial charge in [0.05, 0.1) is 6.20 Å². The van der Waals surface area contributed by atoms with Crippen LogP contribution in [0.25, 0.3) is 0 Å². The van der Waals surface area contributed by atoms with Crippen molar-refractivity contribution in [1.82, 2.24) is 10.3 Å². The lowest BCUT2D eigenvalue weighted by Crippen LogP contribution is -2.57. The van der Waals surface area contributed by atoms with E-state index in [1.165, 1.54) is 0 Å². The molecule has 1 aromatic heterocycles. The summed E-state index contributed by atoms with van der Waals surface area (Å²) in [6, 6.07) is 14.2. The van der Waals surface area contributed by atoms with Crippen molar-refractivity contribution in [3.05, 3.63) is 54.2 Å². The molecule has 22 heavy (non-hydrogen) atoms. The van der Waals surface area contributed by atoms with Gasteiger partial charge in [-0.25, -0.2) is 4.98 Å². The van der Waals surface area contributed by atoms with Gasteiger partial charge in [-0.2, -0.15) is 0 Å². The first kappa shape index (κ1) is 14.9. The minimum Gasteiger partial charge on any atom is -0.487 e. The third kappa shape index (κ3) is 3.77. The quantitative estimate of drug-likeness (QED) is 0.941. The van der Waals surface area contributed by atoms with Gasteiger partial charge in [-0.05, 0) is 31.5 Å². The number of rotatable bonds is 4. The number of nitrogens with one attached hydrogen (secondary N) is 1. The van der Waals surface area contributed by atoms with Crippen molar-refractivity contribution < 1.29 is 4.74 Å². The van der Waals surface area contributed by atoms with E-state index < -0.39 is 0 Å². The van der Waals surface area contributed by atoms with Crippen molar-refractivity contribution in [2.75, 3.05) is 24.5 Å². The maximum absolute atomic E-state index is 5.78. The Balaban J connectivity index is 1.60. The van der Waals surface area contributed by atoms with E-state index in [2.05, 4.69) is 41.2 Å². The number of ether oxygens (including phenoxy) is 1. The predicted octanol–water partition coefficient (Wildman–Crippen LogP) is 2.85. The zero-order valence-corrected chi connectivity index (χ0v) is 13.2. The largest absolute Gasteiger partial charge is 0.487 e. The molecule has 0 bridgehead atoms. The van der Waals surface area contributed by atoms with Gasteiger partial charge in [0.15, 0.2) is 0 Å². The minimum atomic E-state index is 0.127. The highest BCUT2D eigenvalue weighted by Crippen LogP contribution is 2.20. The highest BCUT2D eigenvalue weighted by Gasteiger charge is 2.26. The van der Waals surface area contributed by atoms with Gasteiger partial charge in [0, 0.05) is 25.2 Å². The number of benzene rings is 1. The van der Waals surface area contributed by atoms with Crippen LogP contribution in [0.2, 0.25) is 0 Å². The summed E-state index contributed by atoms with van der Waals surface area (Å²) in [5.74, 6) is 1.82. The number of pyridine rings is 1. The minimum absolute atomic E-state index is 0.127. The van der Waals surface area contributed by atoms with Gasteiger partial charge >= 0.3 is 0 Å². The third-order valence-electron chi connectivity index (χ3n) is 3.86. The molecule has 4 nitrogen and oxygen atoms in total. The topological polar surface area (TPSA) is 37.4 Å². The van der Waals surface area contributed by atoms with E-state index in [9.17, 15) is 0 Å². The van der Waals surface area contributed by atoms with Gasteiger partial charge in [0.1, 0.15) is 18.2 Å². The van der Waals surface area contributed by atoms with Crippen LogP contribution in [0.3, 0.4) is 0 Å². The average Bonchev–Trinajstić information content (AvgIpc) is 2.53. The van der Waals surface area contributed by atoms with Crippen LogP contribution in [0.4, 0.5) is 5.82 Å². The number of hydrogen-bond donors (Lipinski definition) is 1. The van der Waals surface area contributed by atoms with Gasteiger partial charge in [0.25, 0.3) is 0 Å². The molecule has 0 aliphatic carbocycles. The molecule has 0 saturated carbocycles. The summed E-state index contributed by atoms with van der Waals surface area (Å²) in [5, 5.41) is 3.51. The van der Waals surface area contributed by atoms with Gasteiger partial charge in [-0.3, -0.25) is 0 Å². The second-order valence-electron chi connectivity index (χ2n) is 6.36. The van der Waals surface area contributed by atoms with E-state index in [-0.39, 0.29) is 5.54 Å². The summed E-state index contributed by atoms with van der Waals surface area (Å²) in [7, 11) is 0. The molecule has 0 spiro atoms. The standard InChI is InChI=1S/C18H23N3O/c1-18(2)14-21(11-10-20-18)17-9-8-16(12-19-17)22-13-15-6-4-3-5-7-15/h3-9,12,20H,10-11,13-14H2,1-2H3. The van der Waals surface area contributed by atoms with Crippen molar-refractivity contribution >= 4 is 5.82 Å². The molecule has 1 aromatic carbocycles. The molecule has 1 aliphatic rings. The zero-order valence-electron chi connectivity index (χ0n) is 13.2. The van der Waals surface area contributed by atoms with E-state index in [4.69, 9.17) is 4.74 Å². The smallest absolute Gasteiger partial charge is 0.138 e. The molecule has 4 heteroatoms. The summed E-state index contributed by atoms with van der Waals surface area (Å²) in [4.78, 5) is 6.87. The molecule has 3 rings (SSSR count). The highest BCUT2D eigenvalue weighted by molar-refractivity contribution is 5.42. The van der Waals surface area contributed by atoms with E-state index in [0.29, 0.717) is 6.61 Å². The van der Waals surface area contributed by atoms with Crippen molar-refractivity contribution in [3.63, 3.8) is 0 Å². The molecule has 116 valence electrons. The van der Waals surface area contributed by atoms with Crippen LogP contribution in [0.15, 0.2) is 48.7 Å². The first-order chi connectivity index (χ1) is 10.6. The van der Waals surface area contributed by atoms with Crippen molar-refractivity contribution in [1.29, 1.82) is 0 Å². The Labute approximate surface area is 132 Å². The predicted molar refractivity (Wildman–Crippen MR) is 89.3 cm³/mol. The summed E-state index contributed by atoms with van der Waals surface area (Å²) in [6.45, 7) is 7.95. The third-order valence-corrected chi connectivity index (χ3v) is 3.86. The van der Waals surface area contributed by atoms with Crippen LogP contribution in [0, 0.1) is 0 Å². The van der Waals surface area contributed by atoms with Crippen LogP contribution >= 0.6 is 0 Å². The monoisotopic (exact) mass is 297 g/mol. The molecule has 2 aromatic rings. The zero-order chi connectivity index (χ0) is 15.4. The Bertz CT molecular complexity index is 595. The summed E-state index contributed by atoms with van der Waals surface area (Å²) in [6.07, 6.45) is 1.81. The normalized spacial score (nSPS) is 17.3. The van der Waals surface area contributed by atoms with Crippen molar-refractivity contribution in [2.24, 2.45) is 0 Å². The molecule has 0 radical (unpaired) electrons. The molecule has 0 amide bonds. The summed E-state index contributed by atoms with van der Waals surface area (Å²) in [5.41, 5.74) is 1.29. The van der Waals surface area contributed by atoms with E-state index in [1.807, 2.05) is 36.5 Å². The van der Waals surface area contributed by atoms with Gasteiger partial charge in [-0.15, -0.1) is 0 Å². The van der Waals surface area contributed by atoms with E-state index >= 15 is 0 Å². The van der Waals surface area contributed by atoms with Crippen LogP contribution in [-0.2, 0) is 6.61 Å². The van der Waals surface area contributed by atoms with Crippen molar-refractivity contribution in [2.45, 2.75) is 26.0 Å². The lowest BCUT2D eigenvalue weighted by Gasteiger charge is -2.39. The fraction of sp³-hybridized carbons (Fsp3) is 0.389. The van der Waals surface area contributed by atoms with Crippen LogP contribution in [0.1, 0.15) is 19.4 Å². The molecule has 1 N–H and O–H groups in total. The first-order valence-corrected chi connectivity index (χ1v) is 7.75. The molecule has 1 saturated heterocycles. The molecule has 0 unspecified atom stereocenters. The van der Waals surface area contributed by atoms with Crippen LogP contribution < -0.4 is 15.0 Å². The lowest BCUT2D eigenvalue weighted by molar-refractivity contribution is 0.305. The SMILES string of the molecule is CC1(C)CN(c2ccc(OCc3ccccc3)cn2)CCN1. The lowest BCUT2D eigenvalue weighted by atomic mass is 10.0. The Morgan fingerprint density at radius 1 is 1.18 bits per heavy atom. The highest BCUT2D eigenvalue weighted by atomic mass is 16.5. The summed E-state index contributed by atoms with van der Waals surface area (Å²) < 4.78 is 5.78. The fourth-order valence-electron chi connectivity index (χ4n) is 2.72. The maximum atomic E-state index is 5.78. The Kier molecular flexibility index (Phi) is 4.29. The Morgan fingerprint density at radius 2 is 2.00 bits per heavy atom. The van der Waals surface area contributed by atoms with E-state index in [0.717, 1.165) is 36.8 Å². The second-order valence-corrected chi connectivity index (χ2v) is 6.36. The molecular weight excluding hydrogens is 274 g/mol. The van der Waals surface area contributed by atoms with Crippen LogP contribution in [0.5, 0.6) is 5.75 Å². The van der Waals surface area contributed by atoms with E-state index in [1.54, 1.807) is 0 Å². The number of hydrogen-bond acceptors (Lipinski definition) is 4. The molecule has 2 heterocycles. The van der Waals surface area contributed by atoms with Gasteiger partial charge < -0.3 is 15.0 Å². The fourth-order valence-corrected chi connectivity index (χ4v) is 2.72.